The SMILES string of the molecule is CN1CCN(CCN(C)c2ccc(N)cc2)CC1. The highest BCUT2D eigenvalue weighted by Gasteiger charge is 2.13. The highest BCUT2D eigenvalue weighted by atomic mass is 15.3. The molecule has 0 saturated carbocycles. The molecule has 1 saturated heterocycles. The van der Waals surface area contributed by atoms with Gasteiger partial charge >= 0.3 is 0 Å². The van der Waals surface area contributed by atoms with Crippen molar-refractivity contribution in [1.29, 1.82) is 0 Å². The molecule has 2 rings (SSSR count). The summed E-state index contributed by atoms with van der Waals surface area (Å²) in [5.41, 5.74) is 7.76. The van der Waals surface area contributed by atoms with E-state index in [0.717, 1.165) is 18.8 Å². The molecule has 0 unspecified atom stereocenters. The molecule has 1 aromatic rings. The lowest BCUT2D eigenvalue weighted by Crippen LogP contribution is -2.46. The summed E-state index contributed by atoms with van der Waals surface area (Å²) in [5.74, 6) is 0. The molecule has 1 aromatic carbocycles. The quantitative estimate of drug-likeness (QED) is 0.805. The van der Waals surface area contributed by atoms with Gasteiger partial charge in [-0.3, -0.25) is 4.90 Å². The number of hydrogen-bond acceptors (Lipinski definition) is 4. The second-order valence-electron chi connectivity index (χ2n) is 5.16. The summed E-state index contributed by atoms with van der Waals surface area (Å²) in [5, 5.41) is 0. The number of likely N-dealkylation sites (N-methyl/N-ethyl adjacent to an activating group) is 2. The van der Waals surface area contributed by atoms with E-state index in [0.29, 0.717) is 0 Å². The number of rotatable bonds is 4. The standard InChI is InChI=1S/C14H24N4/c1-16-7-10-18(11-8-16)12-9-17(2)14-5-3-13(15)4-6-14/h3-6H,7-12,15H2,1-2H3. The molecular formula is C14H24N4. The lowest BCUT2D eigenvalue weighted by molar-refractivity contribution is 0.157. The zero-order valence-corrected chi connectivity index (χ0v) is 11.5. The fraction of sp³-hybridized carbons (Fsp3) is 0.571. The van der Waals surface area contributed by atoms with Crippen molar-refractivity contribution in [2.45, 2.75) is 0 Å². The number of benzene rings is 1. The van der Waals surface area contributed by atoms with E-state index in [4.69, 9.17) is 5.73 Å². The highest BCUT2D eigenvalue weighted by Crippen LogP contribution is 2.14. The molecule has 1 heterocycles. The molecule has 18 heavy (non-hydrogen) atoms. The van der Waals surface area contributed by atoms with Crippen LogP contribution >= 0.6 is 0 Å². The predicted molar refractivity (Wildman–Crippen MR) is 78.1 cm³/mol. The molecule has 2 N–H and O–H groups in total. The van der Waals surface area contributed by atoms with Crippen molar-refractivity contribution in [3.8, 4) is 0 Å². The van der Waals surface area contributed by atoms with Crippen molar-refractivity contribution in [1.82, 2.24) is 9.80 Å². The van der Waals surface area contributed by atoms with E-state index >= 15 is 0 Å². The van der Waals surface area contributed by atoms with Gasteiger partial charge in [0.15, 0.2) is 0 Å². The summed E-state index contributed by atoms with van der Waals surface area (Å²) in [6.07, 6.45) is 0. The maximum absolute atomic E-state index is 5.70. The maximum Gasteiger partial charge on any atom is 0.0365 e. The van der Waals surface area contributed by atoms with E-state index in [-0.39, 0.29) is 0 Å². The minimum absolute atomic E-state index is 0.825. The Bertz CT molecular complexity index is 355. The van der Waals surface area contributed by atoms with Crippen LogP contribution in [-0.2, 0) is 0 Å². The van der Waals surface area contributed by atoms with Crippen LogP contribution in [0, 0.1) is 0 Å². The fourth-order valence-electron chi connectivity index (χ4n) is 2.22. The topological polar surface area (TPSA) is 35.7 Å². The van der Waals surface area contributed by atoms with Gasteiger partial charge < -0.3 is 15.5 Å². The molecule has 0 spiro atoms. The molecular weight excluding hydrogens is 224 g/mol. The Kier molecular flexibility index (Phi) is 4.44. The Labute approximate surface area is 110 Å². The molecule has 1 fully saturated rings. The van der Waals surface area contributed by atoms with Crippen molar-refractivity contribution in [3.63, 3.8) is 0 Å². The maximum atomic E-state index is 5.70. The third kappa shape index (κ3) is 3.62. The number of nitrogen functional groups attached to an aromatic ring is 1. The lowest BCUT2D eigenvalue weighted by Gasteiger charge is -2.33. The second-order valence-corrected chi connectivity index (χ2v) is 5.16. The first-order chi connectivity index (χ1) is 8.65. The Balaban J connectivity index is 1.77. The van der Waals surface area contributed by atoms with E-state index in [1.807, 2.05) is 12.1 Å². The summed E-state index contributed by atoms with van der Waals surface area (Å²) in [6.45, 7) is 6.94. The van der Waals surface area contributed by atoms with E-state index in [1.165, 1.54) is 31.9 Å². The molecule has 1 aliphatic rings. The zero-order valence-electron chi connectivity index (χ0n) is 11.5. The van der Waals surface area contributed by atoms with Crippen LogP contribution in [0.5, 0.6) is 0 Å². The van der Waals surface area contributed by atoms with Gasteiger partial charge in [0.1, 0.15) is 0 Å². The van der Waals surface area contributed by atoms with Crippen LogP contribution in [-0.4, -0.2) is 63.2 Å². The first-order valence-electron chi connectivity index (χ1n) is 6.63. The first kappa shape index (κ1) is 13.2. The lowest BCUT2D eigenvalue weighted by atomic mass is 10.2. The zero-order chi connectivity index (χ0) is 13.0. The van der Waals surface area contributed by atoms with E-state index in [1.54, 1.807) is 0 Å². The van der Waals surface area contributed by atoms with Crippen LogP contribution in [0.2, 0.25) is 0 Å². The van der Waals surface area contributed by atoms with E-state index < -0.39 is 0 Å². The normalized spacial score (nSPS) is 17.9. The van der Waals surface area contributed by atoms with Gasteiger partial charge in [0, 0.05) is 57.7 Å². The molecule has 0 amide bonds. The monoisotopic (exact) mass is 248 g/mol. The number of nitrogens with two attached hydrogens (primary N) is 1. The molecule has 0 radical (unpaired) electrons. The van der Waals surface area contributed by atoms with Crippen molar-refractivity contribution in [2.75, 3.05) is 64.0 Å². The molecule has 100 valence electrons. The van der Waals surface area contributed by atoms with Crippen molar-refractivity contribution >= 4 is 11.4 Å². The van der Waals surface area contributed by atoms with Gasteiger partial charge in [-0.15, -0.1) is 0 Å². The van der Waals surface area contributed by atoms with Crippen molar-refractivity contribution in [3.05, 3.63) is 24.3 Å². The fourth-order valence-corrected chi connectivity index (χ4v) is 2.22. The molecule has 0 aromatic heterocycles. The number of nitrogens with zero attached hydrogens (tertiary/aromatic N) is 3. The third-order valence-electron chi connectivity index (χ3n) is 3.68. The van der Waals surface area contributed by atoms with E-state index in [9.17, 15) is 0 Å². The highest BCUT2D eigenvalue weighted by molar-refractivity contribution is 5.52. The summed E-state index contributed by atoms with van der Waals surface area (Å²) in [4.78, 5) is 7.21. The largest absolute Gasteiger partial charge is 0.399 e. The average Bonchev–Trinajstić information content (AvgIpc) is 2.38. The van der Waals surface area contributed by atoms with Crippen molar-refractivity contribution < 1.29 is 0 Å². The molecule has 0 aliphatic carbocycles. The summed E-state index contributed by atoms with van der Waals surface area (Å²) >= 11 is 0. The summed E-state index contributed by atoms with van der Waals surface area (Å²) < 4.78 is 0. The minimum Gasteiger partial charge on any atom is -0.399 e. The van der Waals surface area contributed by atoms with Crippen LogP contribution in [0.1, 0.15) is 0 Å². The molecule has 4 heteroatoms. The molecule has 0 bridgehead atoms. The molecule has 0 atom stereocenters. The van der Waals surface area contributed by atoms with E-state index in [2.05, 4.69) is 40.9 Å². The van der Waals surface area contributed by atoms with Gasteiger partial charge in [0.05, 0.1) is 0 Å². The minimum atomic E-state index is 0.825. The van der Waals surface area contributed by atoms with Gasteiger partial charge in [-0.05, 0) is 31.3 Å². The van der Waals surface area contributed by atoms with Gasteiger partial charge in [0.2, 0.25) is 0 Å². The Morgan fingerprint density at radius 2 is 1.72 bits per heavy atom. The van der Waals surface area contributed by atoms with Crippen LogP contribution in [0.4, 0.5) is 11.4 Å². The Hall–Kier alpha value is -1.26. The van der Waals surface area contributed by atoms with Gasteiger partial charge in [-0.25, -0.2) is 0 Å². The van der Waals surface area contributed by atoms with Crippen LogP contribution in [0.15, 0.2) is 24.3 Å². The van der Waals surface area contributed by atoms with Crippen LogP contribution in [0.25, 0.3) is 0 Å². The smallest absolute Gasteiger partial charge is 0.0365 e. The van der Waals surface area contributed by atoms with Crippen LogP contribution < -0.4 is 10.6 Å². The third-order valence-corrected chi connectivity index (χ3v) is 3.68. The average molecular weight is 248 g/mol. The van der Waals surface area contributed by atoms with Gasteiger partial charge in [-0.1, -0.05) is 0 Å². The number of anilines is 2. The second kappa shape index (κ2) is 6.07. The summed E-state index contributed by atoms with van der Waals surface area (Å²) in [7, 11) is 4.33. The number of hydrogen-bond donors (Lipinski definition) is 1. The van der Waals surface area contributed by atoms with Crippen LogP contribution in [0.3, 0.4) is 0 Å². The summed E-state index contributed by atoms with van der Waals surface area (Å²) in [6, 6.07) is 8.09. The predicted octanol–water partition coefficient (Wildman–Crippen LogP) is 0.952. The van der Waals surface area contributed by atoms with Crippen molar-refractivity contribution in [2.24, 2.45) is 0 Å². The Morgan fingerprint density at radius 3 is 2.33 bits per heavy atom. The number of piperazine rings is 1. The molecule has 1 aliphatic heterocycles. The molecule has 4 nitrogen and oxygen atoms in total. The first-order valence-corrected chi connectivity index (χ1v) is 6.63. The Morgan fingerprint density at radius 1 is 1.11 bits per heavy atom. The van der Waals surface area contributed by atoms with Gasteiger partial charge in [-0.2, -0.15) is 0 Å². The van der Waals surface area contributed by atoms with Gasteiger partial charge in [0.25, 0.3) is 0 Å².